The van der Waals surface area contributed by atoms with E-state index >= 15 is 0 Å². The van der Waals surface area contributed by atoms with Crippen LogP contribution < -0.4 is 0 Å². The second kappa shape index (κ2) is 47.5. The van der Waals surface area contributed by atoms with Gasteiger partial charge in [-0.3, -0.25) is 14.4 Å². The Bertz CT molecular complexity index is 1130. The molecule has 6 nitrogen and oxygen atoms in total. The Morgan fingerprint density at radius 2 is 0.661 bits per heavy atom. The van der Waals surface area contributed by atoms with E-state index in [2.05, 4.69) is 93.7 Å². The van der Waals surface area contributed by atoms with Crippen molar-refractivity contribution in [3.05, 3.63) is 72.9 Å². The summed E-state index contributed by atoms with van der Waals surface area (Å²) < 4.78 is 16.7. The van der Waals surface area contributed by atoms with E-state index < -0.39 is 6.10 Å². The summed E-state index contributed by atoms with van der Waals surface area (Å²) >= 11 is 0. The summed E-state index contributed by atoms with van der Waals surface area (Å²) in [6, 6.07) is 0. The van der Waals surface area contributed by atoms with E-state index in [9.17, 15) is 14.4 Å². The molecule has 0 spiro atoms. The maximum atomic E-state index is 12.7. The molecule has 0 saturated heterocycles. The Morgan fingerprint density at radius 3 is 1.10 bits per heavy atom. The van der Waals surface area contributed by atoms with Gasteiger partial charge in [0.05, 0.1) is 0 Å². The van der Waals surface area contributed by atoms with Crippen LogP contribution in [0.2, 0.25) is 0 Å². The van der Waals surface area contributed by atoms with E-state index in [4.69, 9.17) is 14.2 Å². The maximum Gasteiger partial charge on any atom is 0.306 e. The first-order valence-electron chi connectivity index (χ1n) is 24.4. The van der Waals surface area contributed by atoms with Crippen molar-refractivity contribution in [2.24, 2.45) is 0 Å². The highest BCUT2D eigenvalue weighted by Crippen LogP contribution is 2.13. The van der Waals surface area contributed by atoms with Crippen LogP contribution in [-0.4, -0.2) is 37.2 Å². The number of allylic oxidation sites excluding steroid dienone is 12. The normalized spacial score (nSPS) is 12.7. The molecule has 0 heterocycles. The molecule has 0 radical (unpaired) electrons. The van der Waals surface area contributed by atoms with Crippen LogP contribution in [0.4, 0.5) is 0 Å². The molecule has 0 aliphatic carbocycles. The molecule has 0 amide bonds. The van der Waals surface area contributed by atoms with E-state index in [1.54, 1.807) is 0 Å². The molecule has 1 atom stereocenters. The lowest BCUT2D eigenvalue weighted by atomic mass is 10.1. The highest BCUT2D eigenvalue weighted by Gasteiger charge is 2.19. The van der Waals surface area contributed by atoms with Crippen LogP contribution in [0.25, 0.3) is 0 Å². The first-order chi connectivity index (χ1) is 29.0. The number of unbranched alkanes of at least 4 members (excludes halogenated alkanes) is 20. The van der Waals surface area contributed by atoms with Gasteiger partial charge in [-0.2, -0.15) is 0 Å². The van der Waals surface area contributed by atoms with E-state index in [1.807, 2.05) is 0 Å². The number of hydrogen-bond donors (Lipinski definition) is 0. The van der Waals surface area contributed by atoms with Gasteiger partial charge in [0.1, 0.15) is 13.2 Å². The molecule has 0 N–H and O–H groups in total. The third-order valence-electron chi connectivity index (χ3n) is 10.2. The van der Waals surface area contributed by atoms with Crippen LogP contribution in [0.5, 0.6) is 0 Å². The highest BCUT2D eigenvalue weighted by molar-refractivity contribution is 5.71. The number of rotatable bonds is 43. The average Bonchev–Trinajstić information content (AvgIpc) is 3.23. The molecule has 0 fully saturated rings. The van der Waals surface area contributed by atoms with Gasteiger partial charge in [-0.1, -0.05) is 171 Å². The lowest BCUT2D eigenvalue weighted by molar-refractivity contribution is -0.167. The molecule has 0 aliphatic rings. The predicted molar refractivity (Wildman–Crippen MR) is 251 cm³/mol. The number of ether oxygens (including phenoxy) is 3. The predicted octanol–water partition coefficient (Wildman–Crippen LogP) is 15.9. The van der Waals surface area contributed by atoms with Crippen molar-refractivity contribution in [1.82, 2.24) is 0 Å². The molecule has 0 saturated carbocycles. The summed E-state index contributed by atoms with van der Waals surface area (Å²) in [5, 5.41) is 0. The van der Waals surface area contributed by atoms with Crippen LogP contribution in [0.1, 0.15) is 226 Å². The Labute approximate surface area is 363 Å². The molecule has 0 rings (SSSR count). The Balaban J connectivity index is 4.45. The fourth-order valence-electron chi connectivity index (χ4n) is 6.48. The molecule has 0 aromatic carbocycles. The maximum absolute atomic E-state index is 12.7. The molecular weight excluding hydrogens is 733 g/mol. The summed E-state index contributed by atoms with van der Waals surface area (Å²) in [6.07, 6.45) is 58.8. The molecule has 1 unspecified atom stereocenters. The fraction of sp³-hybridized carbons (Fsp3) is 0.717. The zero-order valence-corrected chi connectivity index (χ0v) is 38.5. The number of carbonyl (C=O) groups is 3. The van der Waals surface area contributed by atoms with Crippen molar-refractivity contribution in [3.63, 3.8) is 0 Å². The van der Waals surface area contributed by atoms with Gasteiger partial charge >= 0.3 is 17.9 Å². The van der Waals surface area contributed by atoms with Gasteiger partial charge < -0.3 is 14.2 Å². The molecule has 0 aromatic heterocycles. The topological polar surface area (TPSA) is 78.9 Å². The minimum atomic E-state index is -0.798. The van der Waals surface area contributed by atoms with Gasteiger partial charge in [0.25, 0.3) is 0 Å². The fourth-order valence-corrected chi connectivity index (χ4v) is 6.48. The second-order valence-electron chi connectivity index (χ2n) is 16.0. The van der Waals surface area contributed by atoms with Crippen molar-refractivity contribution in [2.75, 3.05) is 13.2 Å². The smallest absolute Gasteiger partial charge is 0.306 e. The first kappa shape index (κ1) is 55.9. The summed E-state index contributed by atoms with van der Waals surface area (Å²) in [7, 11) is 0. The quantitative estimate of drug-likeness (QED) is 0.0264. The number of carbonyl (C=O) groups excluding carboxylic acids is 3. The Hall–Kier alpha value is -3.15. The monoisotopic (exact) mass is 823 g/mol. The molecule has 6 heteroatoms. The summed E-state index contributed by atoms with van der Waals surface area (Å²) in [6.45, 7) is 6.43. The minimum absolute atomic E-state index is 0.0969. The van der Waals surface area contributed by atoms with Crippen molar-refractivity contribution in [2.45, 2.75) is 232 Å². The molecule has 0 aliphatic heterocycles. The molecule has 0 bridgehead atoms. The van der Waals surface area contributed by atoms with Gasteiger partial charge in [-0.15, -0.1) is 0 Å². The molecule has 0 aromatic rings. The second-order valence-corrected chi connectivity index (χ2v) is 16.0. The zero-order chi connectivity index (χ0) is 43.0. The van der Waals surface area contributed by atoms with Crippen LogP contribution in [0.15, 0.2) is 72.9 Å². The van der Waals surface area contributed by atoms with Crippen LogP contribution in [-0.2, 0) is 28.6 Å². The van der Waals surface area contributed by atoms with Gasteiger partial charge in [0, 0.05) is 19.3 Å². The van der Waals surface area contributed by atoms with Crippen LogP contribution >= 0.6 is 0 Å². The van der Waals surface area contributed by atoms with Gasteiger partial charge in [0.15, 0.2) is 6.10 Å². The average molecular weight is 823 g/mol. The Morgan fingerprint density at radius 1 is 0.356 bits per heavy atom. The van der Waals surface area contributed by atoms with Crippen molar-refractivity contribution < 1.29 is 28.6 Å². The first-order valence-corrected chi connectivity index (χ1v) is 24.4. The van der Waals surface area contributed by atoms with E-state index in [1.165, 1.54) is 70.6 Å². The Kier molecular flexibility index (Phi) is 45.0. The lowest BCUT2D eigenvalue weighted by Gasteiger charge is -2.18. The summed E-state index contributed by atoms with van der Waals surface area (Å²) in [5.74, 6) is -0.952. The minimum Gasteiger partial charge on any atom is -0.462 e. The highest BCUT2D eigenvalue weighted by atomic mass is 16.6. The molecule has 59 heavy (non-hydrogen) atoms. The third-order valence-corrected chi connectivity index (χ3v) is 10.2. The van der Waals surface area contributed by atoms with Crippen LogP contribution in [0, 0.1) is 0 Å². The standard InChI is InChI=1S/C53H90O6/c1-4-7-10-13-16-19-22-25-26-27-29-31-34-37-40-43-46-52(55)58-49-50(48-57-51(54)45-42-39-36-33-30-24-21-18-15-12-9-6-3)59-53(56)47-44-41-38-35-32-28-23-20-17-14-11-8-5-2/h8,11,17-22,26-28,32,50H,4-7,9-10,12-16,23-25,29-31,33-49H2,1-3H3/b11-8-,20-17-,21-18-,22-19-,27-26-,32-28-. The molecule has 338 valence electrons. The number of hydrogen-bond acceptors (Lipinski definition) is 6. The third kappa shape index (κ3) is 45.8. The summed E-state index contributed by atoms with van der Waals surface area (Å²) in [4.78, 5) is 37.8. The SMILES string of the molecule is CC/C=C\C/C=C\C/C=C\CCCCCC(=O)OC(COC(=O)CCCCCCC/C=C\C/C=C\CCCCCC)COC(=O)CCCCCCC/C=C\CCCCC. The van der Waals surface area contributed by atoms with Gasteiger partial charge in [-0.25, -0.2) is 0 Å². The van der Waals surface area contributed by atoms with Crippen molar-refractivity contribution in [1.29, 1.82) is 0 Å². The number of esters is 3. The van der Waals surface area contributed by atoms with E-state index in [0.717, 1.165) is 116 Å². The molecular formula is C53H90O6. The van der Waals surface area contributed by atoms with Crippen LogP contribution in [0.3, 0.4) is 0 Å². The van der Waals surface area contributed by atoms with Crippen molar-refractivity contribution in [3.8, 4) is 0 Å². The van der Waals surface area contributed by atoms with E-state index in [0.29, 0.717) is 12.8 Å². The zero-order valence-electron chi connectivity index (χ0n) is 38.5. The largest absolute Gasteiger partial charge is 0.462 e. The van der Waals surface area contributed by atoms with Gasteiger partial charge in [-0.05, 0) is 109 Å². The van der Waals surface area contributed by atoms with Gasteiger partial charge in [0.2, 0.25) is 0 Å². The summed E-state index contributed by atoms with van der Waals surface area (Å²) in [5.41, 5.74) is 0. The van der Waals surface area contributed by atoms with E-state index in [-0.39, 0.29) is 37.5 Å². The van der Waals surface area contributed by atoms with Crippen molar-refractivity contribution >= 4 is 17.9 Å². The lowest BCUT2D eigenvalue weighted by Crippen LogP contribution is -2.30.